The van der Waals surface area contributed by atoms with Crippen LogP contribution in [0.4, 0.5) is 11.8 Å². The van der Waals surface area contributed by atoms with Gasteiger partial charge in [-0.2, -0.15) is 20.2 Å². The summed E-state index contributed by atoms with van der Waals surface area (Å²) in [6.45, 7) is 5.49. The van der Waals surface area contributed by atoms with E-state index in [1.807, 2.05) is 24.3 Å². The predicted octanol–water partition coefficient (Wildman–Crippen LogP) is 5.73. The standard InChI is InChI=1S/C33H39N7O3/c1-22-9-11-23(12-10-22)20-40-30-31(35-19-25-13-14-26(41-2)17-28(25)42-3)36-29(18-34)37-32(30)38-33(40)39-15-16-43-21-27(39)24-7-5-4-6-8-24/h4-8,13-14,17,22-23,27H,9-12,15-16,19-21H2,1-3H3,(H,35,36,37)/t22?,23?,27-/m0/s1. The highest BCUT2D eigenvalue weighted by atomic mass is 16.5. The molecule has 2 aliphatic rings. The third-order valence-electron chi connectivity index (χ3n) is 8.77. The molecule has 10 nitrogen and oxygen atoms in total. The molecule has 43 heavy (non-hydrogen) atoms. The van der Waals surface area contributed by atoms with Gasteiger partial charge in [-0.25, -0.2) is 0 Å². The Labute approximate surface area is 252 Å². The summed E-state index contributed by atoms with van der Waals surface area (Å²) in [6.07, 6.45) is 4.81. The molecule has 0 unspecified atom stereocenters. The van der Waals surface area contributed by atoms with Crippen LogP contribution in [-0.2, 0) is 17.8 Å². The predicted molar refractivity (Wildman–Crippen MR) is 165 cm³/mol. The Bertz CT molecular complexity index is 1590. The second-order valence-electron chi connectivity index (χ2n) is 11.6. The minimum absolute atomic E-state index is 0.0141. The topological polar surface area (TPSA) is 110 Å². The van der Waals surface area contributed by atoms with E-state index in [9.17, 15) is 5.26 Å². The van der Waals surface area contributed by atoms with E-state index in [-0.39, 0.29) is 11.9 Å². The summed E-state index contributed by atoms with van der Waals surface area (Å²) in [5, 5.41) is 13.4. The highest BCUT2D eigenvalue weighted by Crippen LogP contribution is 2.37. The Kier molecular flexibility index (Phi) is 8.61. The number of morpholine rings is 1. The number of nitriles is 1. The number of anilines is 2. The lowest BCUT2D eigenvalue weighted by atomic mass is 9.83. The van der Waals surface area contributed by atoms with Crippen molar-refractivity contribution in [3.63, 3.8) is 0 Å². The first-order valence-corrected chi connectivity index (χ1v) is 15.1. The third kappa shape index (κ3) is 6.09. The van der Waals surface area contributed by atoms with Gasteiger partial charge in [-0.1, -0.05) is 50.1 Å². The van der Waals surface area contributed by atoms with E-state index < -0.39 is 0 Å². The number of fused-ring (bicyclic) bond motifs is 1. The summed E-state index contributed by atoms with van der Waals surface area (Å²) >= 11 is 0. The minimum Gasteiger partial charge on any atom is -0.497 e. The zero-order valence-electron chi connectivity index (χ0n) is 25.1. The Morgan fingerprint density at radius 3 is 2.58 bits per heavy atom. The number of ether oxygens (including phenoxy) is 3. The summed E-state index contributed by atoms with van der Waals surface area (Å²) in [4.78, 5) is 16.7. The van der Waals surface area contributed by atoms with Crippen LogP contribution in [-0.4, -0.2) is 53.5 Å². The van der Waals surface area contributed by atoms with E-state index in [0.717, 1.165) is 35.2 Å². The van der Waals surface area contributed by atoms with Gasteiger partial charge in [0.2, 0.25) is 11.8 Å². The lowest BCUT2D eigenvalue weighted by molar-refractivity contribution is 0.0927. The average molecular weight is 582 g/mol. The molecule has 2 aromatic carbocycles. The van der Waals surface area contributed by atoms with Crippen molar-refractivity contribution in [2.24, 2.45) is 11.8 Å². The summed E-state index contributed by atoms with van der Waals surface area (Å²) in [7, 11) is 3.28. The number of hydrogen-bond donors (Lipinski definition) is 1. The van der Waals surface area contributed by atoms with Crippen molar-refractivity contribution in [3.8, 4) is 17.6 Å². The number of imidazole rings is 1. The molecule has 1 atom stereocenters. The molecule has 10 heteroatoms. The smallest absolute Gasteiger partial charge is 0.236 e. The van der Waals surface area contributed by atoms with Gasteiger partial charge in [0.25, 0.3) is 0 Å². The van der Waals surface area contributed by atoms with Crippen molar-refractivity contribution in [2.75, 3.05) is 44.2 Å². The maximum Gasteiger partial charge on any atom is 0.236 e. The fourth-order valence-electron chi connectivity index (χ4n) is 6.33. The quantitative estimate of drug-likeness (QED) is 0.265. The molecular formula is C33H39N7O3. The van der Waals surface area contributed by atoms with Gasteiger partial charge in [0.05, 0.1) is 33.5 Å². The Balaban J connectivity index is 1.44. The zero-order chi connectivity index (χ0) is 29.8. The van der Waals surface area contributed by atoms with E-state index in [2.05, 4.69) is 62.0 Å². The normalized spacial score (nSPS) is 20.5. The molecule has 4 aromatic rings. The highest BCUT2D eigenvalue weighted by Gasteiger charge is 2.32. The largest absolute Gasteiger partial charge is 0.497 e. The number of nitrogens with one attached hydrogen (secondary N) is 1. The van der Waals surface area contributed by atoms with E-state index in [4.69, 9.17) is 19.2 Å². The average Bonchev–Trinajstić information content (AvgIpc) is 3.42. The van der Waals surface area contributed by atoms with Gasteiger partial charge < -0.3 is 29.0 Å². The molecule has 1 saturated carbocycles. The van der Waals surface area contributed by atoms with E-state index in [0.29, 0.717) is 49.4 Å². The van der Waals surface area contributed by atoms with Gasteiger partial charge in [0, 0.05) is 31.3 Å². The number of hydrogen-bond acceptors (Lipinski definition) is 9. The second-order valence-corrected chi connectivity index (χ2v) is 11.6. The fourth-order valence-corrected chi connectivity index (χ4v) is 6.33. The van der Waals surface area contributed by atoms with Crippen molar-refractivity contribution < 1.29 is 14.2 Å². The molecule has 0 radical (unpaired) electrons. The zero-order valence-corrected chi connectivity index (χ0v) is 25.1. The lowest BCUT2D eigenvalue weighted by Gasteiger charge is -2.37. The Hall–Kier alpha value is -4.36. The molecule has 1 saturated heterocycles. The molecule has 1 N–H and O–H groups in total. The maximum atomic E-state index is 9.85. The number of benzene rings is 2. The highest BCUT2D eigenvalue weighted by molar-refractivity contribution is 5.86. The SMILES string of the molecule is COc1ccc(CNc2nc(C#N)nc3nc(N4CCOC[C@H]4c4ccccc4)n(CC4CCC(C)CC4)c23)c(OC)c1. The van der Waals surface area contributed by atoms with E-state index >= 15 is 0 Å². The van der Waals surface area contributed by atoms with Crippen LogP contribution in [0.5, 0.6) is 11.5 Å². The second kappa shape index (κ2) is 12.9. The fraction of sp³-hybridized carbons (Fsp3) is 0.455. The van der Waals surface area contributed by atoms with Crippen molar-refractivity contribution in [2.45, 2.75) is 51.7 Å². The summed E-state index contributed by atoms with van der Waals surface area (Å²) in [6, 6.07) is 18.3. The summed E-state index contributed by atoms with van der Waals surface area (Å²) in [5.74, 6) is 4.24. The number of rotatable bonds is 9. The van der Waals surface area contributed by atoms with Crippen molar-refractivity contribution >= 4 is 22.9 Å². The molecular weight excluding hydrogens is 542 g/mol. The molecule has 3 heterocycles. The van der Waals surface area contributed by atoms with Crippen LogP contribution < -0.4 is 19.7 Å². The molecule has 0 amide bonds. The summed E-state index contributed by atoms with van der Waals surface area (Å²) < 4.78 is 19.3. The molecule has 224 valence electrons. The molecule has 2 aromatic heterocycles. The monoisotopic (exact) mass is 581 g/mol. The van der Waals surface area contributed by atoms with Crippen molar-refractivity contribution in [1.29, 1.82) is 5.26 Å². The number of nitrogens with zero attached hydrogens (tertiary/aromatic N) is 6. The molecule has 1 aliphatic carbocycles. The van der Waals surface area contributed by atoms with Gasteiger partial charge in [-0.15, -0.1) is 0 Å². The van der Waals surface area contributed by atoms with Gasteiger partial charge in [0.15, 0.2) is 11.5 Å². The van der Waals surface area contributed by atoms with Crippen molar-refractivity contribution in [3.05, 3.63) is 65.5 Å². The van der Waals surface area contributed by atoms with E-state index in [1.54, 1.807) is 14.2 Å². The lowest BCUT2D eigenvalue weighted by Crippen LogP contribution is -2.41. The Morgan fingerprint density at radius 2 is 1.84 bits per heavy atom. The summed E-state index contributed by atoms with van der Waals surface area (Å²) in [5.41, 5.74) is 3.46. The van der Waals surface area contributed by atoms with Crippen LogP contribution in [0.25, 0.3) is 11.2 Å². The molecule has 0 spiro atoms. The molecule has 2 fully saturated rings. The van der Waals surface area contributed by atoms with Crippen LogP contribution in [0, 0.1) is 23.2 Å². The number of aromatic nitrogens is 4. The first kappa shape index (κ1) is 28.7. The van der Waals surface area contributed by atoms with Gasteiger partial charge in [0.1, 0.15) is 23.1 Å². The van der Waals surface area contributed by atoms with Gasteiger partial charge in [-0.05, 0) is 42.4 Å². The van der Waals surface area contributed by atoms with Gasteiger partial charge in [-0.3, -0.25) is 0 Å². The van der Waals surface area contributed by atoms with Crippen LogP contribution in [0.3, 0.4) is 0 Å². The molecule has 6 rings (SSSR count). The maximum absolute atomic E-state index is 9.85. The number of methoxy groups -OCH3 is 2. The van der Waals surface area contributed by atoms with Crippen LogP contribution in [0.2, 0.25) is 0 Å². The molecule has 0 bridgehead atoms. The molecule has 1 aliphatic heterocycles. The first-order chi connectivity index (χ1) is 21.1. The Morgan fingerprint density at radius 1 is 1.02 bits per heavy atom. The van der Waals surface area contributed by atoms with Crippen LogP contribution in [0.1, 0.15) is 55.6 Å². The van der Waals surface area contributed by atoms with Crippen molar-refractivity contribution in [1.82, 2.24) is 19.5 Å². The first-order valence-electron chi connectivity index (χ1n) is 15.1. The van der Waals surface area contributed by atoms with Gasteiger partial charge >= 0.3 is 0 Å². The third-order valence-corrected chi connectivity index (χ3v) is 8.77. The van der Waals surface area contributed by atoms with Crippen LogP contribution in [0.15, 0.2) is 48.5 Å². The van der Waals surface area contributed by atoms with Crippen LogP contribution >= 0.6 is 0 Å². The van der Waals surface area contributed by atoms with E-state index in [1.165, 1.54) is 31.2 Å². The minimum atomic E-state index is 0.0141.